The number of carbonyl (C=O) groups excluding carboxylic acids is 1. The van der Waals surface area contributed by atoms with Crippen LogP contribution in [0.5, 0.6) is 0 Å². The number of alkyl halides is 2. The van der Waals surface area contributed by atoms with E-state index in [4.69, 9.17) is 27.9 Å². The monoisotopic (exact) mass is 248 g/mol. The van der Waals surface area contributed by atoms with Crippen LogP contribution in [0, 0.1) is 17.8 Å². The van der Waals surface area contributed by atoms with E-state index in [9.17, 15) is 4.79 Å². The smallest absolute Gasteiger partial charge is 0.309 e. The Kier molecular flexibility index (Phi) is 3.57. The molecule has 84 valence electrons. The van der Waals surface area contributed by atoms with Crippen LogP contribution in [0.3, 0.4) is 0 Å². The lowest BCUT2D eigenvalue weighted by atomic mass is 9.94. The quantitative estimate of drug-likeness (QED) is 0.435. The zero-order valence-electron chi connectivity index (χ0n) is 8.36. The molecule has 2 bridgehead atoms. The minimum absolute atomic E-state index is 0.0732. The molecule has 2 rings (SSSR count). The van der Waals surface area contributed by atoms with Crippen molar-refractivity contribution in [3.63, 3.8) is 0 Å². The number of carbonyl (C=O) groups is 1. The summed E-state index contributed by atoms with van der Waals surface area (Å²) in [5.74, 6) is 0.997. The molecule has 0 aromatic heterocycles. The average Bonchev–Trinajstić information content (AvgIpc) is 2.77. The van der Waals surface area contributed by atoms with Gasteiger partial charge in [-0.15, -0.1) is 23.2 Å². The first-order valence-corrected chi connectivity index (χ1v) is 6.17. The average molecular weight is 249 g/mol. The highest BCUT2D eigenvalue weighted by molar-refractivity contribution is 6.44. The molecule has 1 saturated carbocycles. The van der Waals surface area contributed by atoms with Crippen LogP contribution in [-0.2, 0) is 9.53 Å². The Hall–Kier alpha value is -0.210. The standard InChI is InChI=1S/C11H14Cl2O2/c12-10(13)3-4-15-11(14)9-6-7-1-2-8(9)5-7/h1-2,7-10H,3-6H2. The molecule has 0 amide bonds. The van der Waals surface area contributed by atoms with Gasteiger partial charge in [0.1, 0.15) is 4.84 Å². The Morgan fingerprint density at radius 1 is 1.40 bits per heavy atom. The van der Waals surface area contributed by atoms with E-state index in [1.165, 1.54) is 0 Å². The van der Waals surface area contributed by atoms with Crippen LogP contribution in [-0.4, -0.2) is 17.4 Å². The minimum atomic E-state index is -0.447. The van der Waals surface area contributed by atoms with Gasteiger partial charge in [0.25, 0.3) is 0 Å². The first-order chi connectivity index (χ1) is 7.16. The molecule has 3 atom stereocenters. The molecular weight excluding hydrogens is 235 g/mol. The van der Waals surface area contributed by atoms with Crippen LogP contribution in [0.25, 0.3) is 0 Å². The molecule has 0 aromatic carbocycles. The zero-order valence-corrected chi connectivity index (χ0v) is 9.88. The summed E-state index contributed by atoms with van der Waals surface area (Å²) in [6, 6.07) is 0. The molecule has 0 spiro atoms. The number of ether oxygens (including phenoxy) is 1. The van der Waals surface area contributed by atoms with E-state index < -0.39 is 4.84 Å². The molecule has 3 unspecified atom stereocenters. The largest absolute Gasteiger partial charge is 0.465 e. The Morgan fingerprint density at radius 3 is 2.73 bits per heavy atom. The van der Waals surface area contributed by atoms with Gasteiger partial charge >= 0.3 is 5.97 Å². The van der Waals surface area contributed by atoms with Crippen molar-refractivity contribution in [2.24, 2.45) is 17.8 Å². The Bertz CT molecular complexity index is 276. The Labute approximate surface area is 99.6 Å². The zero-order chi connectivity index (χ0) is 10.8. The number of hydrogen-bond donors (Lipinski definition) is 0. The van der Waals surface area contributed by atoms with E-state index in [2.05, 4.69) is 12.2 Å². The summed E-state index contributed by atoms with van der Waals surface area (Å²) in [6.45, 7) is 0.327. The molecule has 0 N–H and O–H groups in total. The number of hydrogen-bond acceptors (Lipinski definition) is 2. The molecule has 0 aromatic rings. The van der Waals surface area contributed by atoms with Crippen LogP contribution in [0.15, 0.2) is 12.2 Å². The summed E-state index contributed by atoms with van der Waals surface area (Å²) in [4.78, 5) is 11.2. The van der Waals surface area contributed by atoms with Crippen molar-refractivity contribution in [2.75, 3.05) is 6.61 Å². The first-order valence-electron chi connectivity index (χ1n) is 5.30. The number of fused-ring (bicyclic) bond motifs is 2. The fraction of sp³-hybridized carbons (Fsp3) is 0.727. The lowest BCUT2D eigenvalue weighted by Crippen LogP contribution is -2.22. The molecule has 0 heterocycles. The maximum atomic E-state index is 11.7. The summed E-state index contributed by atoms with van der Waals surface area (Å²) in [7, 11) is 0. The summed E-state index contributed by atoms with van der Waals surface area (Å²) in [6.07, 6.45) is 6.93. The fourth-order valence-corrected chi connectivity index (χ4v) is 2.59. The van der Waals surface area contributed by atoms with Gasteiger partial charge in [0, 0.05) is 6.42 Å². The SMILES string of the molecule is O=C(OCCC(Cl)Cl)C1CC2C=CC1C2. The third kappa shape index (κ3) is 2.67. The number of rotatable bonds is 4. The maximum Gasteiger partial charge on any atom is 0.309 e. The first kappa shape index (κ1) is 11.3. The lowest BCUT2D eigenvalue weighted by Gasteiger charge is -2.16. The van der Waals surface area contributed by atoms with Gasteiger partial charge in [-0.3, -0.25) is 4.79 Å². The van der Waals surface area contributed by atoms with Crippen molar-refractivity contribution < 1.29 is 9.53 Å². The molecule has 2 aliphatic carbocycles. The predicted molar refractivity (Wildman–Crippen MR) is 59.9 cm³/mol. The van der Waals surface area contributed by atoms with Crippen molar-refractivity contribution in [3.05, 3.63) is 12.2 Å². The molecule has 2 nitrogen and oxygen atoms in total. The van der Waals surface area contributed by atoms with Gasteiger partial charge in [0.2, 0.25) is 0 Å². The lowest BCUT2D eigenvalue weighted by molar-refractivity contribution is -0.149. The molecule has 15 heavy (non-hydrogen) atoms. The maximum absolute atomic E-state index is 11.7. The van der Waals surface area contributed by atoms with Gasteiger partial charge in [0.05, 0.1) is 12.5 Å². The van der Waals surface area contributed by atoms with Gasteiger partial charge in [0.15, 0.2) is 0 Å². The van der Waals surface area contributed by atoms with E-state index in [1.807, 2.05) is 0 Å². The molecule has 2 aliphatic rings. The van der Waals surface area contributed by atoms with Crippen molar-refractivity contribution in [1.82, 2.24) is 0 Å². The minimum Gasteiger partial charge on any atom is -0.465 e. The Balaban J connectivity index is 1.75. The van der Waals surface area contributed by atoms with Crippen LogP contribution in [0.1, 0.15) is 19.3 Å². The summed E-state index contributed by atoms with van der Waals surface area (Å²) >= 11 is 11.1. The highest BCUT2D eigenvalue weighted by Crippen LogP contribution is 2.43. The third-order valence-electron chi connectivity index (χ3n) is 3.16. The second kappa shape index (κ2) is 4.75. The van der Waals surface area contributed by atoms with Gasteiger partial charge in [-0.1, -0.05) is 12.2 Å². The molecule has 0 aliphatic heterocycles. The molecule has 0 saturated heterocycles. The number of allylic oxidation sites excluding steroid dienone is 2. The van der Waals surface area contributed by atoms with Crippen LogP contribution < -0.4 is 0 Å². The predicted octanol–water partition coefficient (Wildman–Crippen LogP) is 2.94. The van der Waals surface area contributed by atoms with Crippen molar-refractivity contribution >= 4 is 29.2 Å². The van der Waals surface area contributed by atoms with E-state index in [0.29, 0.717) is 24.9 Å². The highest BCUT2D eigenvalue weighted by Gasteiger charge is 2.40. The number of halogens is 2. The topological polar surface area (TPSA) is 26.3 Å². The van der Waals surface area contributed by atoms with Crippen LogP contribution >= 0.6 is 23.2 Å². The van der Waals surface area contributed by atoms with E-state index in [1.54, 1.807) is 0 Å². The van der Waals surface area contributed by atoms with Crippen molar-refractivity contribution in [2.45, 2.75) is 24.1 Å². The summed E-state index contributed by atoms with van der Waals surface area (Å²) < 4.78 is 5.15. The van der Waals surface area contributed by atoms with Crippen molar-refractivity contribution in [1.29, 1.82) is 0 Å². The summed E-state index contributed by atoms with van der Waals surface area (Å²) in [5.41, 5.74) is 0. The second-order valence-electron chi connectivity index (χ2n) is 4.23. The van der Waals surface area contributed by atoms with Gasteiger partial charge in [-0.25, -0.2) is 0 Å². The molecule has 0 radical (unpaired) electrons. The van der Waals surface area contributed by atoms with Crippen molar-refractivity contribution in [3.8, 4) is 0 Å². The van der Waals surface area contributed by atoms with Gasteiger partial charge in [-0.05, 0) is 24.7 Å². The fourth-order valence-electron chi connectivity index (χ4n) is 2.41. The van der Waals surface area contributed by atoms with Crippen LogP contribution in [0.4, 0.5) is 0 Å². The third-order valence-corrected chi connectivity index (χ3v) is 3.60. The molecule has 1 fully saturated rings. The van der Waals surface area contributed by atoms with Gasteiger partial charge in [-0.2, -0.15) is 0 Å². The molecular formula is C11H14Cl2O2. The van der Waals surface area contributed by atoms with Crippen LogP contribution in [0.2, 0.25) is 0 Å². The van der Waals surface area contributed by atoms with E-state index in [-0.39, 0.29) is 11.9 Å². The van der Waals surface area contributed by atoms with Gasteiger partial charge < -0.3 is 4.74 Å². The van der Waals surface area contributed by atoms with E-state index >= 15 is 0 Å². The van der Waals surface area contributed by atoms with E-state index in [0.717, 1.165) is 12.8 Å². The second-order valence-corrected chi connectivity index (χ2v) is 5.51. The molecule has 4 heteroatoms. The Morgan fingerprint density at radius 2 is 2.20 bits per heavy atom. The normalized spacial score (nSPS) is 32.6. The summed E-state index contributed by atoms with van der Waals surface area (Å²) in [5, 5.41) is 0. The number of esters is 1. The highest BCUT2D eigenvalue weighted by atomic mass is 35.5.